The molecular formula is C19H27NO3Si. The monoisotopic (exact) mass is 345 g/mol. The fourth-order valence-electron chi connectivity index (χ4n) is 2.46. The fourth-order valence-corrected chi connectivity index (χ4v) is 3.48. The van der Waals surface area contributed by atoms with Gasteiger partial charge in [-0.05, 0) is 37.2 Å². The molecule has 0 radical (unpaired) electrons. The number of amides is 2. The van der Waals surface area contributed by atoms with Gasteiger partial charge in [-0.25, -0.2) is 0 Å². The van der Waals surface area contributed by atoms with Gasteiger partial charge in [-0.3, -0.25) is 14.5 Å². The van der Waals surface area contributed by atoms with Crippen LogP contribution >= 0.6 is 0 Å². The van der Waals surface area contributed by atoms with Crippen LogP contribution in [-0.2, 0) is 4.43 Å². The summed E-state index contributed by atoms with van der Waals surface area (Å²) in [7, 11) is -1.95. The molecule has 0 saturated heterocycles. The van der Waals surface area contributed by atoms with Gasteiger partial charge < -0.3 is 4.43 Å². The van der Waals surface area contributed by atoms with Gasteiger partial charge >= 0.3 is 0 Å². The summed E-state index contributed by atoms with van der Waals surface area (Å²) in [5, 5.41) is 0.0788. The largest absolute Gasteiger partial charge is 0.414 e. The predicted octanol–water partition coefficient (Wildman–Crippen LogP) is 4.25. The van der Waals surface area contributed by atoms with Crippen LogP contribution in [-0.4, -0.2) is 37.7 Å². The van der Waals surface area contributed by atoms with Gasteiger partial charge in [0.25, 0.3) is 11.8 Å². The van der Waals surface area contributed by atoms with Crippen molar-refractivity contribution in [3.63, 3.8) is 0 Å². The molecule has 0 fully saturated rings. The first-order valence-electron chi connectivity index (χ1n) is 8.34. The lowest BCUT2D eigenvalue weighted by Gasteiger charge is -2.37. The number of imide groups is 1. The Morgan fingerprint density at radius 1 is 1.12 bits per heavy atom. The molecule has 0 bridgehead atoms. The maximum atomic E-state index is 12.7. The van der Waals surface area contributed by atoms with Crippen molar-refractivity contribution in [3.05, 3.63) is 47.5 Å². The van der Waals surface area contributed by atoms with E-state index in [1.165, 1.54) is 4.90 Å². The molecule has 24 heavy (non-hydrogen) atoms. The number of nitrogens with zero attached hydrogens (tertiary/aromatic N) is 1. The summed E-state index contributed by atoms with van der Waals surface area (Å²) in [6, 6.07) is 6.60. The predicted molar refractivity (Wildman–Crippen MR) is 98.7 cm³/mol. The number of hydrogen-bond acceptors (Lipinski definition) is 3. The van der Waals surface area contributed by atoms with E-state index in [2.05, 4.69) is 33.9 Å². The van der Waals surface area contributed by atoms with Gasteiger partial charge in [0.2, 0.25) is 0 Å². The number of rotatable bonds is 5. The van der Waals surface area contributed by atoms with Gasteiger partial charge in [0.1, 0.15) is 0 Å². The van der Waals surface area contributed by atoms with Crippen LogP contribution in [0.3, 0.4) is 0 Å². The highest BCUT2D eigenvalue weighted by Crippen LogP contribution is 2.37. The second-order valence-electron chi connectivity index (χ2n) is 7.69. The Balaban J connectivity index is 2.24. The molecule has 1 aliphatic rings. The first-order valence-corrected chi connectivity index (χ1v) is 11.2. The SMILES string of the molecule is C/C=C\[C@H](CO[Si](C)(C)C(C)(C)C)N1C(=O)c2ccccc2C1=O. The van der Waals surface area contributed by atoms with E-state index < -0.39 is 8.32 Å². The maximum Gasteiger partial charge on any atom is 0.262 e. The molecule has 0 aliphatic carbocycles. The van der Waals surface area contributed by atoms with Crippen molar-refractivity contribution in [2.24, 2.45) is 0 Å². The summed E-state index contributed by atoms with van der Waals surface area (Å²) in [6.07, 6.45) is 3.73. The zero-order valence-corrected chi connectivity index (χ0v) is 16.4. The molecule has 1 aromatic carbocycles. The molecule has 4 nitrogen and oxygen atoms in total. The molecule has 5 heteroatoms. The average Bonchev–Trinajstić information content (AvgIpc) is 2.75. The molecule has 1 aliphatic heterocycles. The Kier molecular flexibility index (Phi) is 5.16. The molecule has 0 N–H and O–H groups in total. The minimum Gasteiger partial charge on any atom is -0.414 e. The van der Waals surface area contributed by atoms with Crippen molar-refractivity contribution in [1.29, 1.82) is 0 Å². The van der Waals surface area contributed by atoms with E-state index in [0.29, 0.717) is 17.7 Å². The Bertz CT molecular complexity index is 638. The second kappa shape index (κ2) is 6.65. The van der Waals surface area contributed by atoms with E-state index in [0.717, 1.165) is 0 Å². The smallest absolute Gasteiger partial charge is 0.262 e. The molecule has 0 spiro atoms. The van der Waals surface area contributed by atoms with Gasteiger partial charge in [-0.2, -0.15) is 0 Å². The maximum absolute atomic E-state index is 12.7. The minimum absolute atomic E-state index is 0.0788. The van der Waals surface area contributed by atoms with Crippen molar-refractivity contribution in [2.75, 3.05) is 6.61 Å². The van der Waals surface area contributed by atoms with Gasteiger partial charge in [0.15, 0.2) is 8.32 Å². The number of carbonyl (C=O) groups excluding carboxylic acids is 2. The fraction of sp³-hybridized carbons (Fsp3) is 0.474. The standard InChI is InChI=1S/C19H27NO3Si/c1-7-10-14(13-23-24(5,6)19(2,3)4)20-17(21)15-11-8-9-12-16(15)18(20)22/h7-12,14H,13H2,1-6H3/b10-7-/t14-/m1/s1. The zero-order valence-electron chi connectivity index (χ0n) is 15.4. The quantitative estimate of drug-likeness (QED) is 0.455. The third-order valence-corrected chi connectivity index (χ3v) is 9.49. The van der Waals surface area contributed by atoms with Crippen LogP contribution in [0.1, 0.15) is 48.4 Å². The summed E-state index contributed by atoms with van der Waals surface area (Å²) < 4.78 is 6.26. The molecule has 130 valence electrons. The molecule has 0 unspecified atom stereocenters. The van der Waals surface area contributed by atoms with Gasteiger partial charge in [0, 0.05) is 0 Å². The Labute approximate surface area is 145 Å². The van der Waals surface area contributed by atoms with E-state index in [-0.39, 0.29) is 22.9 Å². The highest BCUT2D eigenvalue weighted by atomic mass is 28.4. The summed E-state index contributed by atoms with van der Waals surface area (Å²) >= 11 is 0. The van der Waals surface area contributed by atoms with Gasteiger partial charge in [-0.15, -0.1) is 0 Å². The Hall–Kier alpha value is -1.72. The van der Waals surface area contributed by atoms with Crippen molar-refractivity contribution < 1.29 is 14.0 Å². The lowest BCUT2D eigenvalue weighted by molar-refractivity contribution is 0.0570. The summed E-state index contributed by atoms with van der Waals surface area (Å²) in [5.74, 6) is -0.477. The number of fused-ring (bicyclic) bond motifs is 1. The molecule has 0 aromatic heterocycles. The molecule has 2 rings (SSSR count). The first kappa shape index (κ1) is 18.6. The van der Waals surface area contributed by atoms with Gasteiger partial charge in [-0.1, -0.05) is 45.1 Å². The summed E-state index contributed by atoms with van der Waals surface area (Å²) in [6.45, 7) is 13.1. The highest BCUT2D eigenvalue weighted by Gasteiger charge is 2.41. The van der Waals surface area contributed by atoms with Crippen molar-refractivity contribution >= 4 is 20.1 Å². The zero-order chi connectivity index (χ0) is 18.1. The normalized spacial score (nSPS) is 16.8. The average molecular weight is 346 g/mol. The van der Waals surface area contributed by atoms with Gasteiger partial charge in [0.05, 0.1) is 23.8 Å². The Morgan fingerprint density at radius 2 is 1.62 bits per heavy atom. The third kappa shape index (κ3) is 3.37. The molecule has 0 saturated carbocycles. The molecular weight excluding hydrogens is 318 g/mol. The second-order valence-corrected chi connectivity index (χ2v) is 12.5. The van der Waals surface area contributed by atoms with Crippen molar-refractivity contribution in [1.82, 2.24) is 4.90 Å². The summed E-state index contributed by atoms with van der Waals surface area (Å²) in [5.41, 5.74) is 0.952. The molecule has 2 amide bonds. The van der Waals surface area contributed by atoms with Crippen molar-refractivity contribution in [3.8, 4) is 0 Å². The topological polar surface area (TPSA) is 46.6 Å². The lowest BCUT2D eigenvalue weighted by atomic mass is 10.1. The number of carbonyl (C=O) groups is 2. The molecule has 1 heterocycles. The minimum atomic E-state index is -1.95. The first-order chi connectivity index (χ1) is 11.1. The molecule has 1 aromatic rings. The van der Waals surface area contributed by atoms with Crippen LogP contribution < -0.4 is 0 Å². The number of allylic oxidation sites excluding steroid dienone is 1. The van der Waals surface area contributed by atoms with Crippen LogP contribution in [0.4, 0.5) is 0 Å². The van der Waals surface area contributed by atoms with Crippen LogP contribution in [0.15, 0.2) is 36.4 Å². The van der Waals surface area contributed by atoms with E-state index in [1.54, 1.807) is 24.3 Å². The number of benzene rings is 1. The van der Waals surface area contributed by atoms with E-state index >= 15 is 0 Å². The molecule has 1 atom stereocenters. The van der Waals surface area contributed by atoms with E-state index in [4.69, 9.17) is 4.43 Å². The third-order valence-electron chi connectivity index (χ3n) is 4.99. The highest BCUT2D eigenvalue weighted by molar-refractivity contribution is 6.74. The van der Waals surface area contributed by atoms with E-state index in [9.17, 15) is 9.59 Å². The lowest BCUT2D eigenvalue weighted by Crippen LogP contribution is -2.47. The van der Waals surface area contributed by atoms with Crippen LogP contribution in [0.25, 0.3) is 0 Å². The number of hydrogen-bond donors (Lipinski definition) is 0. The Morgan fingerprint density at radius 3 is 2.04 bits per heavy atom. The van der Waals surface area contributed by atoms with Crippen LogP contribution in [0.5, 0.6) is 0 Å². The summed E-state index contributed by atoms with van der Waals surface area (Å²) in [4.78, 5) is 26.7. The van der Waals surface area contributed by atoms with E-state index in [1.807, 2.05) is 19.1 Å². The van der Waals surface area contributed by atoms with Crippen LogP contribution in [0, 0.1) is 0 Å². The van der Waals surface area contributed by atoms with Crippen LogP contribution in [0.2, 0.25) is 18.1 Å². The van der Waals surface area contributed by atoms with Crippen molar-refractivity contribution in [2.45, 2.75) is 51.9 Å².